The predicted octanol–water partition coefficient (Wildman–Crippen LogP) is 6.09. The van der Waals surface area contributed by atoms with E-state index in [-0.39, 0.29) is 0 Å². The Kier molecular flexibility index (Phi) is 2.60. The molecule has 0 bridgehead atoms. The van der Waals surface area contributed by atoms with E-state index in [0.717, 1.165) is 39.1 Å². The highest BCUT2D eigenvalue weighted by Gasteiger charge is 2.39. The summed E-state index contributed by atoms with van der Waals surface area (Å²) in [6.45, 7) is 2.24. The van der Waals surface area contributed by atoms with Crippen molar-refractivity contribution in [1.29, 1.82) is 0 Å². The van der Waals surface area contributed by atoms with Gasteiger partial charge in [0, 0.05) is 31.3 Å². The third kappa shape index (κ3) is 2.64. The first-order valence-electron chi connectivity index (χ1n) is 12.4. The second-order valence-electron chi connectivity index (χ2n) is 8.39. The predicted molar refractivity (Wildman–Crippen MR) is 114 cm³/mol. The highest BCUT2D eigenvalue weighted by molar-refractivity contribution is 5.86. The number of pyridine rings is 1. The summed E-state index contributed by atoms with van der Waals surface area (Å²) in [5.74, 6) is 0. The molecule has 1 aliphatic carbocycles. The van der Waals surface area contributed by atoms with E-state index in [1.54, 1.807) is 12.1 Å². The largest absolute Gasteiger partial charge is 0.212 e. The van der Waals surface area contributed by atoms with Crippen LogP contribution in [-0.2, 0) is 17.9 Å². The molecular weight excluding hydrogens is 326 g/mol. The van der Waals surface area contributed by atoms with Gasteiger partial charge in [-0.05, 0) is 57.9 Å². The Morgan fingerprint density at radius 3 is 2.44 bits per heavy atom. The van der Waals surface area contributed by atoms with Gasteiger partial charge in [0.1, 0.15) is 7.05 Å². The van der Waals surface area contributed by atoms with Gasteiger partial charge in [-0.1, -0.05) is 58.7 Å². The molecule has 1 nitrogen and oxygen atoms in total. The molecule has 0 atom stereocenters. The number of aryl methyl sites for hydroxylation is 2. The summed E-state index contributed by atoms with van der Waals surface area (Å²) >= 11 is 0. The Hall–Kier alpha value is -2.41. The minimum atomic E-state index is -2.70. The van der Waals surface area contributed by atoms with Crippen LogP contribution in [0.15, 0.2) is 54.7 Å². The van der Waals surface area contributed by atoms with Crippen molar-refractivity contribution in [2.45, 2.75) is 52.2 Å². The van der Waals surface area contributed by atoms with Crippen LogP contribution in [0, 0.1) is 6.92 Å². The number of nitrogens with zero attached hydrogens (tertiary/aromatic N) is 1. The molecule has 3 aromatic rings. The molecule has 2 aromatic carbocycles. The molecule has 0 aliphatic heterocycles. The van der Waals surface area contributed by atoms with Gasteiger partial charge in [-0.15, -0.1) is 0 Å². The molecule has 138 valence electrons. The zero-order chi connectivity index (χ0) is 24.6. The molecule has 0 saturated heterocycles. The number of benzene rings is 2. The fourth-order valence-electron chi connectivity index (χ4n) is 4.44. The van der Waals surface area contributed by atoms with E-state index < -0.39 is 24.5 Å². The molecule has 1 aliphatic rings. The number of hydrogen-bond acceptors (Lipinski definition) is 0. The number of aromatic nitrogens is 1. The SMILES string of the molecule is [2H]C([2H])([2H])C(C)(c1cccc2c1-c1cc(C)c(-c3cccc[n+]3C)cc1C2(C)C)C([2H])([2H])[2H]. The fourth-order valence-corrected chi connectivity index (χ4v) is 4.44. The second kappa shape index (κ2) is 5.79. The summed E-state index contributed by atoms with van der Waals surface area (Å²) in [5, 5.41) is 0. The smallest absolute Gasteiger partial charge is 0.201 e. The van der Waals surface area contributed by atoms with Crippen molar-refractivity contribution >= 4 is 0 Å². The maximum absolute atomic E-state index is 8.21. The van der Waals surface area contributed by atoms with E-state index in [9.17, 15) is 0 Å². The first-order chi connectivity index (χ1) is 15.1. The van der Waals surface area contributed by atoms with E-state index in [0.29, 0.717) is 5.56 Å². The van der Waals surface area contributed by atoms with E-state index in [1.807, 2.05) is 38.4 Å². The molecule has 1 heteroatoms. The van der Waals surface area contributed by atoms with Crippen molar-refractivity contribution in [3.8, 4) is 22.4 Å². The van der Waals surface area contributed by atoms with Gasteiger partial charge >= 0.3 is 0 Å². The number of hydrogen-bond donors (Lipinski definition) is 0. The van der Waals surface area contributed by atoms with Crippen LogP contribution < -0.4 is 4.57 Å². The van der Waals surface area contributed by atoms with Crippen molar-refractivity contribution in [2.24, 2.45) is 7.05 Å². The van der Waals surface area contributed by atoms with Gasteiger partial charge in [0.15, 0.2) is 6.20 Å². The second-order valence-corrected chi connectivity index (χ2v) is 8.39. The van der Waals surface area contributed by atoms with Crippen molar-refractivity contribution in [2.75, 3.05) is 0 Å². The molecule has 0 radical (unpaired) electrons. The lowest BCUT2D eigenvalue weighted by atomic mass is 9.79. The Balaban J connectivity index is 2.07. The molecule has 1 heterocycles. The van der Waals surface area contributed by atoms with Crippen LogP contribution in [0.1, 0.15) is 65.0 Å². The molecule has 0 spiro atoms. The zero-order valence-electron chi connectivity index (χ0n) is 22.6. The van der Waals surface area contributed by atoms with Crippen molar-refractivity contribution < 1.29 is 12.8 Å². The number of fused-ring (bicyclic) bond motifs is 3. The molecule has 0 N–H and O–H groups in total. The van der Waals surface area contributed by atoms with Gasteiger partial charge in [0.05, 0.1) is 0 Å². The maximum Gasteiger partial charge on any atom is 0.212 e. The summed E-state index contributed by atoms with van der Waals surface area (Å²) in [6.07, 6.45) is 2.01. The molecule has 4 rings (SSSR count). The minimum absolute atomic E-state index is 0.365. The molecular formula is C26H30N+. The van der Waals surface area contributed by atoms with Crippen LogP contribution >= 0.6 is 0 Å². The molecule has 0 unspecified atom stereocenters. The van der Waals surface area contributed by atoms with E-state index in [2.05, 4.69) is 36.6 Å². The third-order valence-electron chi connectivity index (χ3n) is 5.91. The standard InChI is InChI=1S/C26H30N/c1-17-15-19-22(16-18(17)23-13-8-9-14-27(23)7)26(5,6)21-12-10-11-20(24(19)21)25(2,3)4/h8-16H,1-7H3/q+1/i2D3,3D3. The monoisotopic (exact) mass is 362 g/mol. The van der Waals surface area contributed by atoms with Gasteiger partial charge in [-0.25, -0.2) is 4.57 Å². The lowest BCUT2D eigenvalue weighted by molar-refractivity contribution is -0.660. The van der Waals surface area contributed by atoms with Crippen molar-refractivity contribution in [1.82, 2.24) is 0 Å². The molecule has 1 aromatic heterocycles. The normalized spacial score (nSPS) is 19.0. The van der Waals surface area contributed by atoms with Crippen LogP contribution in [0.3, 0.4) is 0 Å². The third-order valence-corrected chi connectivity index (χ3v) is 5.91. The van der Waals surface area contributed by atoms with Crippen LogP contribution in [0.4, 0.5) is 0 Å². The average molecular weight is 363 g/mol. The molecule has 27 heavy (non-hydrogen) atoms. The Morgan fingerprint density at radius 2 is 1.74 bits per heavy atom. The Bertz CT molecular complexity index is 1240. The Morgan fingerprint density at radius 1 is 0.963 bits per heavy atom. The van der Waals surface area contributed by atoms with E-state index >= 15 is 0 Å². The Labute approximate surface area is 172 Å². The van der Waals surface area contributed by atoms with Gasteiger partial charge < -0.3 is 0 Å². The summed E-state index contributed by atoms with van der Waals surface area (Å²) in [7, 11) is 2.01. The first kappa shape index (κ1) is 12.1. The van der Waals surface area contributed by atoms with Crippen LogP contribution in [0.5, 0.6) is 0 Å². The van der Waals surface area contributed by atoms with Gasteiger partial charge in [-0.3, -0.25) is 0 Å². The summed E-state index contributed by atoms with van der Waals surface area (Å²) in [5.41, 5.74) is 4.92. The molecule has 0 fully saturated rings. The van der Waals surface area contributed by atoms with Crippen LogP contribution in [0.25, 0.3) is 22.4 Å². The van der Waals surface area contributed by atoms with Crippen molar-refractivity contribution in [3.63, 3.8) is 0 Å². The fraction of sp³-hybridized carbons (Fsp3) is 0.346. The first-order valence-corrected chi connectivity index (χ1v) is 9.37. The quantitative estimate of drug-likeness (QED) is 0.461. The number of rotatable bonds is 1. The van der Waals surface area contributed by atoms with Gasteiger partial charge in [0.2, 0.25) is 5.69 Å². The lowest BCUT2D eigenvalue weighted by Gasteiger charge is -2.25. The van der Waals surface area contributed by atoms with Gasteiger partial charge in [-0.2, -0.15) is 0 Å². The summed E-state index contributed by atoms with van der Waals surface area (Å²) < 4.78 is 51.3. The molecule has 0 amide bonds. The van der Waals surface area contributed by atoms with Crippen molar-refractivity contribution in [3.05, 3.63) is 77.0 Å². The minimum Gasteiger partial charge on any atom is -0.201 e. The van der Waals surface area contributed by atoms with Gasteiger partial charge in [0.25, 0.3) is 0 Å². The maximum atomic E-state index is 8.21. The highest BCUT2D eigenvalue weighted by atomic mass is 14.9. The summed E-state index contributed by atoms with van der Waals surface area (Å²) in [4.78, 5) is 0. The molecule has 0 saturated carbocycles. The van der Waals surface area contributed by atoms with Crippen LogP contribution in [-0.4, -0.2) is 0 Å². The summed E-state index contributed by atoms with van der Waals surface area (Å²) in [6, 6.07) is 15.8. The lowest BCUT2D eigenvalue weighted by Crippen LogP contribution is -2.30. The highest BCUT2D eigenvalue weighted by Crippen LogP contribution is 2.53. The topological polar surface area (TPSA) is 3.88 Å². The van der Waals surface area contributed by atoms with E-state index in [1.165, 1.54) is 6.92 Å². The van der Waals surface area contributed by atoms with Crippen LogP contribution in [0.2, 0.25) is 0 Å². The average Bonchev–Trinajstić information content (AvgIpc) is 2.92. The van der Waals surface area contributed by atoms with E-state index in [4.69, 9.17) is 8.22 Å². The zero-order valence-corrected chi connectivity index (χ0v) is 16.6.